The van der Waals surface area contributed by atoms with E-state index in [1.165, 1.54) is 29.5 Å². The lowest BCUT2D eigenvalue weighted by atomic mass is 10.0. The first-order valence-corrected chi connectivity index (χ1v) is 6.67. The topological polar surface area (TPSA) is 26.0 Å². The van der Waals surface area contributed by atoms with Crippen LogP contribution in [0.4, 0.5) is 8.78 Å². The van der Waals surface area contributed by atoms with Gasteiger partial charge in [-0.1, -0.05) is 6.07 Å². The highest BCUT2D eigenvalue weighted by atomic mass is 79.9. The van der Waals surface area contributed by atoms with E-state index < -0.39 is 17.7 Å². The zero-order valence-corrected chi connectivity index (χ0v) is 11.2. The molecule has 0 spiro atoms. The summed E-state index contributed by atoms with van der Waals surface area (Å²) in [6, 6.07) is 5.32. The van der Waals surface area contributed by atoms with Crippen LogP contribution in [0.25, 0.3) is 0 Å². The highest BCUT2D eigenvalue weighted by Gasteiger charge is 2.15. The van der Waals surface area contributed by atoms with Gasteiger partial charge in [-0.25, -0.2) is 8.78 Å². The van der Waals surface area contributed by atoms with Gasteiger partial charge in [0.15, 0.2) is 0 Å². The number of thiophene rings is 1. The van der Waals surface area contributed by atoms with Crippen molar-refractivity contribution >= 4 is 27.3 Å². The Morgan fingerprint density at radius 2 is 1.94 bits per heavy atom. The predicted molar refractivity (Wildman–Crippen MR) is 69.0 cm³/mol. The fraction of sp³-hybridized carbons (Fsp3) is 0.167. The molecule has 1 nitrogen and oxygen atoms in total. The largest absolute Gasteiger partial charge is 0.323 e. The third kappa shape index (κ3) is 2.91. The lowest BCUT2D eigenvalue weighted by molar-refractivity contribution is 0.541. The van der Waals surface area contributed by atoms with Crippen LogP contribution in [-0.4, -0.2) is 0 Å². The van der Waals surface area contributed by atoms with Gasteiger partial charge in [0.05, 0.1) is 0 Å². The Labute approximate surface area is 110 Å². The summed E-state index contributed by atoms with van der Waals surface area (Å²) in [5.41, 5.74) is 5.98. The minimum Gasteiger partial charge on any atom is -0.323 e. The van der Waals surface area contributed by atoms with Crippen LogP contribution < -0.4 is 5.73 Å². The Bertz CT molecular complexity index is 507. The second kappa shape index (κ2) is 5.25. The van der Waals surface area contributed by atoms with Gasteiger partial charge >= 0.3 is 0 Å². The third-order valence-electron chi connectivity index (χ3n) is 2.44. The zero-order chi connectivity index (χ0) is 12.4. The molecular weight excluding hydrogens is 308 g/mol. The van der Waals surface area contributed by atoms with Gasteiger partial charge in [-0.15, -0.1) is 11.3 Å². The first kappa shape index (κ1) is 12.7. The van der Waals surface area contributed by atoms with E-state index in [4.69, 9.17) is 5.73 Å². The summed E-state index contributed by atoms with van der Waals surface area (Å²) in [7, 11) is 0. The van der Waals surface area contributed by atoms with Gasteiger partial charge in [-0.2, -0.15) is 0 Å². The highest BCUT2D eigenvalue weighted by Crippen LogP contribution is 2.27. The van der Waals surface area contributed by atoms with Gasteiger partial charge in [-0.3, -0.25) is 0 Å². The average Bonchev–Trinajstić information content (AvgIpc) is 2.70. The van der Waals surface area contributed by atoms with Crippen LogP contribution in [0.3, 0.4) is 0 Å². The maximum atomic E-state index is 13.4. The molecule has 0 aliphatic carbocycles. The number of nitrogens with two attached hydrogens (primary N) is 1. The first-order valence-electron chi connectivity index (χ1n) is 5.00. The van der Waals surface area contributed by atoms with Crippen LogP contribution >= 0.6 is 27.3 Å². The number of hydrogen-bond donors (Lipinski definition) is 1. The molecule has 0 saturated heterocycles. The molecule has 0 saturated carbocycles. The van der Waals surface area contributed by atoms with Crippen LogP contribution in [0.1, 0.15) is 16.5 Å². The summed E-state index contributed by atoms with van der Waals surface area (Å²) in [5.74, 6) is -1.09. The fourth-order valence-electron chi connectivity index (χ4n) is 1.57. The first-order chi connectivity index (χ1) is 8.08. The van der Waals surface area contributed by atoms with Crippen LogP contribution in [-0.2, 0) is 6.42 Å². The van der Waals surface area contributed by atoms with Crippen molar-refractivity contribution in [3.05, 3.63) is 56.2 Å². The minimum atomic E-state index is -0.545. The Hall–Kier alpha value is -0.780. The van der Waals surface area contributed by atoms with Crippen molar-refractivity contribution in [2.24, 2.45) is 5.73 Å². The summed E-state index contributed by atoms with van der Waals surface area (Å²) in [5, 5.41) is 1.90. The molecule has 0 fully saturated rings. The average molecular weight is 318 g/mol. The quantitative estimate of drug-likeness (QED) is 0.908. The molecule has 1 unspecified atom stereocenters. The summed E-state index contributed by atoms with van der Waals surface area (Å²) in [6.07, 6.45) is 0.158. The maximum absolute atomic E-state index is 13.4. The molecule has 2 rings (SSSR count). The van der Waals surface area contributed by atoms with Gasteiger partial charge in [0.25, 0.3) is 0 Å². The van der Waals surface area contributed by atoms with E-state index in [9.17, 15) is 8.78 Å². The number of rotatable bonds is 3. The van der Waals surface area contributed by atoms with E-state index >= 15 is 0 Å². The molecule has 1 atom stereocenters. The van der Waals surface area contributed by atoms with Crippen LogP contribution in [0, 0.1) is 11.6 Å². The normalized spacial score (nSPS) is 12.7. The molecule has 1 aromatic carbocycles. The second-order valence-electron chi connectivity index (χ2n) is 3.68. The van der Waals surface area contributed by atoms with Gasteiger partial charge in [0, 0.05) is 26.3 Å². The molecule has 1 aromatic heterocycles. The smallest absolute Gasteiger partial charge is 0.129 e. The SMILES string of the molecule is NC(Cc1c(F)cccc1F)c1cc(Br)cs1. The molecule has 0 bridgehead atoms. The number of hydrogen-bond acceptors (Lipinski definition) is 2. The van der Waals surface area contributed by atoms with Crippen molar-refractivity contribution in [3.63, 3.8) is 0 Å². The lowest BCUT2D eigenvalue weighted by Gasteiger charge is -2.11. The fourth-order valence-corrected chi connectivity index (χ4v) is 3.02. The van der Waals surface area contributed by atoms with Crippen molar-refractivity contribution in [3.8, 4) is 0 Å². The molecule has 1 heterocycles. The molecule has 0 aliphatic rings. The Balaban J connectivity index is 2.21. The molecule has 17 heavy (non-hydrogen) atoms. The third-order valence-corrected chi connectivity index (χ3v) is 4.26. The van der Waals surface area contributed by atoms with Gasteiger partial charge in [-0.05, 0) is 40.5 Å². The Kier molecular flexibility index (Phi) is 3.91. The molecule has 90 valence electrons. The minimum absolute atomic E-state index is 0.0459. The van der Waals surface area contributed by atoms with Gasteiger partial charge < -0.3 is 5.73 Å². The summed E-state index contributed by atoms with van der Waals surface area (Å²) < 4.78 is 27.8. The van der Waals surface area contributed by atoms with E-state index in [0.717, 1.165) is 9.35 Å². The monoisotopic (exact) mass is 317 g/mol. The summed E-state index contributed by atoms with van der Waals surface area (Å²) >= 11 is 4.79. The molecule has 0 aliphatic heterocycles. The predicted octanol–water partition coefficient (Wildman–Crippen LogP) is 4.03. The van der Waals surface area contributed by atoms with E-state index in [2.05, 4.69) is 15.9 Å². The Morgan fingerprint density at radius 1 is 1.29 bits per heavy atom. The summed E-state index contributed by atoms with van der Waals surface area (Å²) in [6.45, 7) is 0. The van der Waals surface area contributed by atoms with Gasteiger partial charge in [0.1, 0.15) is 11.6 Å². The lowest BCUT2D eigenvalue weighted by Crippen LogP contribution is -2.13. The van der Waals surface area contributed by atoms with Crippen LogP contribution in [0.5, 0.6) is 0 Å². The van der Waals surface area contributed by atoms with Crippen LogP contribution in [0.2, 0.25) is 0 Å². The van der Waals surface area contributed by atoms with Crippen molar-refractivity contribution in [1.82, 2.24) is 0 Å². The van der Waals surface area contributed by atoms with E-state index in [-0.39, 0.29) is 12.0 Å². The molecule has 0 amide bonds. The van der Waals surface area contributed by atoms with E-state index in [1.54, 1.807) is 0 Å². The molecular formula is C12H10BrF2NS. The van der Waals surface area contributed by atoms with Crippen molar-refractivity contribution < 1.29 is 8.78 Å². The van der Waals surface area contributed by atoms with Crippen LogP contribution in [0.15, 0.2) is 34.1 Å². The molecule has 5 heteroatoms. The second-order valence-corrected chi connectivity index (χ2v) is 5.54. The zero-order valence-electron chi connectivity index (χ0n) is 8.79. The molecule has 2 aromatic rings. The number of benzene rings is 1. The van der Waals surface area contributed by atoms with Crippen molar-refractivity contribution in [2.45, 2.75) is 12.5 Å². The number of halogens is 3. The highest BCUT2D eigenvalue weighted by molar-refractivity contribution is 9.10. The maximum Gasteiger partial charge on any atom is 0.129 e. The standard InChI is InChI=1S/C12H10BrF2NS/c13-7-4-12(17-6-7)11(16)5-8-9(14)2-1-3-10(8)15/h1-4,6,11H,5,16H2. The molecule has 0 radical (unpaired) electrons. The van der Waals surface area contributed by atoms with Crippen molar-refractivity contribution in [1.29, 1.82) is 0 Å². The van der Waals surface area contributed by atoms with Gasteiger partial charge in [0.2, 0.25) is 0 Å². The van der Waals surface area contributed by atoms with E-state index in [0.29, 0.717) is 0 Å². The summed E-state index contributed by atoms with van der Waals surface area (Å²) in [4.78, 5) is 0.902. The Morgan fingerprint density at radius 3 is 2.47 bits per heavy atom. The molecule has 2 N–H and O–H groups in total. The van der Waals surface area contributed by atoms with E-state index in [1.807, 2.05) is 11.4 Å². The van der Waals surface area contributed by atoms with Crippen molar-refractivity contribution in [2.75, 3.05) is 0 Å².